The molecule has 4 heteroatoms. The molecule has 1 aliphatic heterocycles. The molecule has 0 atom stereocenters. The van der Waals surface area contributed by atoms with E-state index in [1.54, 1.807) is 7.11 Å². The van der Waals surface area contributed by atoms with Crippen molar-refractivity contribution in [1.82, 2.24) is 9.97 Å². The predicted molar refractivity (Wildman–Crippen MR) is 96.7 cm³/mol. The van der Waals surface area contributed by atoms with Crippen LogP contribution in [0.4, 0.5) is 5.82 Å². The van der Waals surface area contributed by atoms with Crippen LogP contribution >= 0.6 is 0 Å². The molecule has 0 aliphatic carbocycles. The monoisotopic (exact) mass is 319 g/mol. The van der Waals surface area contributed by atoms with E-state index in [0.717, 1.165) is 42.9 Å². The van der Waals surface area contributed by atoms with E-state index in [1.807, 2.05) is 36.8 Å². The normalized spacial score (nSPS) is 15.6. The molecule has 1 aliphatic rings. The first-order valence-corrected chi connectivity index (χ1v) is 8.43. The Morgan fingerprint density at radius 1 is 0.958 bits per heavy atom. The topological polar surface area (TPSA) is 38.2 Å². The molecule has 0 radical (unpaired) electrons. The summed E-state index contributed by atoms with van der Waals surface area (Å²) in [5.41, 5.74) is 1.40. The van der Waals surface area contributed by atoms with Crippen molar-refractivity contribution in [2.45, 2.75) is 18.8 Å². The molecule has 1 saturated heterocycles. The number of rotatable bonds is 3. The summed E-state index contributed by atoms with van der Waals surface area (Å²) in [4.78, 5) is 11.2. The first kappa shape index (κ1) is 14.9. The molecule has 0 N–H and O–H groups in total. The van der Waals surface area contributed by atoms with Gasteiger partial charge in [0.15, 0.2) is 0 Å². The second kappa shape index (κ2) is 6.48. The van der Waals surface area contributed by atoms with Gasteiger partial charge in [-0.3, -0.25) is 4.98 Å². The Morgan fingerprint density at radius 3 is 2.50 bits per heavy atom. The number of benzene rings is 1. The number of aromatic nitrogens is 2. The van der Waals surface area contributed by atoms with E-state index in [4.69, 9.17) is 4.74 Å². The van der Waals surface area contributed by atoms with Crippen molar-refractivity contribution in [2.75, 3.05) is 25.1 Å². The summed E-state index contributed by atoms with van der Waals surface area (Å²) >= 11 is 0. The minimum absolute atomic E-state index is 0.619. The number of nitrogens with zero attached hydrogens (tertiary/aromatic N) is 3. The van der Waals surface area contributed by atoms with Crippen LogP contribution in [0.5, 0.6) is 5.75 Å². The third-order valence-corrected chi connectivity index (χ3v) is 4.94. The first-order valence-electron chi connectivity index (χ1n) is 8.43. The molecule has 122 valence electrons. The van der Waals surface area contributed by atoms with Crippen molar-refractivity contribution < 1.29 is 4.74 Å². The van der Waals surface area contributed by atoms with Gasteiger partial charge in [-0.25, -0.2) is 4.98 Å². The standard InChI is InChI=1S/C20H21N3O/c1-24-19-4-2-3-18-17(19)7-12-22-20(18)23-13-8-16(9-14-23)15-5-10-21-11-6-15/h2-7,10-12,16H,8-9,13-14H2,1H3. The summed E-state index contributed by atoms with van der Waals surface area (Å²) in [6, 6.07) is 12.5. The number of piperidine rings is 1. The number of hydrogen-bond acceptors (Lipinski definition) is 4. The number of anilines is 1. The second-order valence-corrected chi connectivity index (χ2v) is 6.23. The van der Waals surface area contributed by atoms with Gasteiger partial charge in [-0.1, -0.05) is 12.1 Å². The first-order chi connectivity index (χ1) is 11.9. The van der Waals surface area contributed by atoms with Crippen molar-refractivity contribution >= 4 is 16.6 Å². The fourth-order valence-electron chi connectivity index (χ4n) is 3.65. The molecule has 4 rings (SSSR count). The van der Waals surface area contributed by atoms with Gasteiger partial charge in [-0.2, -0.15) is 0 Å². The van der Waals surface area contributed by atoms with Crippen LogP contribution in [0.1, 0.15) is 24.3 Å². The lowest BCUT2D eigenvalue weighted by atomic mass is 9.90. The fraction of sp³-hybridized carbons (Fsp3) is 0.300. The van der Waals surface area contributed by atoms with Crippen molar-refractivity contribution in [2.24, 2.45) is 0 Å². The van der Waals surface area contributed by atoms with Crippen molar-refractivity contribution in [1.29, 1.82) is 0 Å². The van der Waals surface area contributed by atoms with E-state index in [0.29, 0.717) is 5.92 Å². The van der Waals surface area contributed by atoms with Gasteiger partial charge in [0.2, 0.25) is 0 Å². The zero-order valence-corrected chi connectivity index (χ0v) is 13.9. The van der Waals surface area contributed by atoms with Crippen LogP contribution in [0.25, 0.3) is 10.8 Å². The van der Waals surface area contributed by atoms with Gasteiger partial charge in [0.05, 0.1) is 7.11 Å². The predicted octanol–water partition coefficient (Wildman–Crippen LogP) is 4.02. The number of methoxy groups -OCH3 is 1. The summed E-state index contributed by atoms with van der Waals surface area (Å²) in [5, 5.41) is 2.29. The highest BCUT2D eigenvalue weighted by Crippen LogP contribution is 2.34. The minimum Gasteiger partial charge on any atom is -0.496 e. The van der Waals surface area contributed by atoms with Crippen LogP contribution in [0.2, 0.25) is 0 Å². The van der Waals surface area contributed by atoms with Crippen LogP contribution in [-0.2, 0) is 0 Å². The number of ether oxygens (including phenoxy) is 1. The SMILES string of the molecule is COc1cccc2c(N3CCC(c4ccncc4)CC3)nccc12. The van der Waals surface area contributed by atoms with Crippen molar-refractivity contribution in [3.05, 3.63) is 60.6 Å². The minimum atomic E-state index is 0.619. The van der Waals surface area contributed by atoms with E-state index in [-0.39, 0.29) is 0 Å². The molecule has 3 heterocycles. The van der Waals surface area contributed by atoms with Crippen LogP contribution < -0.4 is 9.64 Å². The maximum absolute atomic E-state index is 5.49. The highest BCUT2D eigenvalue weighted by molar-refractivity contribution is 5.96. The third-order valence-electron chi connectivity index (χ3n) is 4.94. The van der Waals surface area contributed by atoms with E-state index < -0.39 is 0 Å². The van der Waals surface area contributed by atoms with Gasteiger partial charge in [0, 0.05) is 42.5 Å². The lowest BCUT2D eigenvalue weighted by Gasteiger charge is -2.33. The smallest absolute Gasteiger partial charge is 0.136 e. The average molecular weight is 319 g/mol. The van der Waals surface area contributed by atoms with Gasteiger partial charge in [0.1, 0.15) is 11.6 Å². The maximum atomic E-state index is 5.49. The number of pyridine rings is 2. The third kappa shape index (κ3) is 2.68. The van der Waals surface area contributed by atoms with Crippen LogP contribution in [0, 0.1) is 0 Å². The summed E-state index contributed by atoms with van der Waals surface area (Å²) < 4.78 is 5.49. The Morgan fingerprint density at radius 2 is 1.75 bits per heavy atom. The summed E-state index contributed by atoms with van der Waals surface area (Å²) in [7, 11) is 1.72. The van der Waals surface area contributed by atoms with Gasteiger partial charge in [-0.15, -0.1) is 0 Å². The van der Waals surface area contributed by atoms with Gasteiger partial charge in [0.25, 0.3) is 0 Å². The van der Waals surface area contributed by atoms with Gasteiger partial charge < -0.3 is 9.64 Å². The molecule has 1 aromatic carbocycles. The zero-order chi connectivity index (χ0) is 16.4. The summed E-state index contributed by atoms with van der Waals surface area (Å²) in [6.45, 7) is 2.05. The largest absolute Gasteiger partial charge is 0.496 e. The molecule has 0 bridgehead atoms. The molecule has 0 saturated carbocycles. The van der Waals surface area contributed by atoms with Crippen molar-refractivity contribution in [3.63, 3.8) is 0 Å². The Hall–Kier alpha value is -2.62. The number of fused-ring (bicyclic) bond motifs is 1. The molecule has 0 amide bonds. The molecular formula is C20H21N3O. The Labute approximate surface area is 142 Å². The molecule has 0 unspecified atom stereocenters. The van der Waals surface area contributed by atoms with Crippen LogP contribution in [-0.4, -0.2) is 30.2 Å². The summed E-state index contributed by atoms with van der Waals surface area (Å²) in [5.74, 6) is 2.59. The average Bonchev–Trinajstić information content (AvgIpc) is 2.68. The highest BCUT2D eigenvalue weighted by Gasteiger charge is 2.22. The molecule has 2 aromatic heterocycles. The fourth-order valence-corrected chi connectivity index (χ4v) is 3.65. The van der Waals surface area contributed by atoms with E-state index >= 15 is 0 Å². The van der Waals surface area contributed by atoms with E-state index in [2.05, 4.69) is 33.1 Å². The second-order valence-electron chi connectivity index (χ2n) is 6.23. The highest BCUT2D eigenvalue weighted by atomic mass is 16.5. The molecule has 24 heavy (non-hydrogen) atoms. The van der Waals surface area contributed by atoms with Gasteiger partial charge in [-0.05, 0) is 48.6 Å². The van der Waals surface area contributed by atoms with Crippen LogP contribution in [0.3, 0.4) is 0 Å². The quantitative estimate of drug-likeness (QED) is 0.731. The number of hydrogen-bond donors (Lipinski definition) is 0. The van der Waals surface area contributed by atoms with E-state index in [9.17, 15) is 0 Å². The lowest BCUT2D eigenvalue weighted by Crippen LogP contribution is -2.33. The maximum Gasteiger partial charge on any atom is 0.136 e. The van der Waals surface area contributed by atoms with Crippen molar-refractivity contribution in [3.8, 4) is 5.75 Å². The molecule has 4 nitrogen and oxygen atoms in total. The molecule has 0 spiro atoms. The Kier molecular flexibility index (Phi) is 4.03. The summed E-state index contributed by atoms with van der Waals surface area (Å²) in [6.07, 6.45) is 7.95. The molecular weight excluding hydrogens is 298 g/mol. The molecule has 1 fully saturated rings. The van der Waals surface area contributed by atoms with E-state index in [1.165, 1.54) is 10.9 Å². The zero-order valence-electron chi connectivity index (χ0n) is 13.9. The van der Waals surface area contributed by atoms with Gasteiger partial charge >= 0.3 is 0 Å². The Bertz CT molecular complexity index is 827. The van der Waals surface area contributed by atoms with Crippen LogP contribution in [0.15, 0.2) is 55.0 Å². The lowest BCUT2D eigenvalue weighted by molar-refractivity contribution is 0.420. The Balaban J connectivity index is 1.59. The molecule has 3 aromatic rings.